The van der Waals surface area contributed by atoms with Gasteiger partial charge in [0.15, 0.2) is 0 Å². The number of rotatable bonds is 2. The molecule has 0 heterocycles. The topological polar surface area (TPSA) is 26.3 Å². The van der Waals surface area contributed by atoms with Gasteiger partial charge in [-0.15, -0.1) is 0 Å². The van der Waals surface area contributed by atoms with Gasteiger partial charge in [-0.1, -0.05) is 12.8 Å². The van der Waals surface area contributed by atoms with E-state index in [1.54, 1.807) is 0 Å². The minimum atomic E-state index is -0.176. The third kappa shape index (κ3) is 1.99. The highest BCUT2D eigenvalue weighted by Crippen LogP contribution is 2.38. The molecular formula is C10H18O2. The van der Waals surface area contributed by atoms with Crippen LogP contribution in [0.5, 0.6) is 0 Å². The lowest BCUT2D eigenvalue weighted by Crippen LogP contribution is -2.28. The summed E-state index contributed by atoms with van der Waals surface area (Å²) < 4.78 is 5.20. The summed E-state index contributed by atoms with van der Waals surface area (Å²) in [6.45, 7) is 5.82. The molecule has 0 bridgehead atoms. The molecule has 12 heavy (non-hydrogen) atoms. The molecule has 1 fully saturated rings. The van der Waals surface area contributed by atoms with Gasteiger partial charge in [-0.2, -0.15) is 0 Å². The van der Waals surface area contributed by atoms with Crippen molar-refractivity contribution in [3.8, 4) is 0 Å². The number of carbonyl (C=O) groups excluding carboxylic acids is 1. The Balaban J connectivity index is 2.50. The van der Waals surface area contributed by atoms with Crippen LogP contribution < -0.4 is 0 Å². The fourth-order valence-corrected chi connectivity index (χ4v) is 1.72. The van der Waals surface area contributed by atoms with Gasteiger partial charge in [-0.25, -0.2) is 0 Å². The summed E-state index contributed by atoms with van der Waals surface area (Å²) in [6.07, 6.45) is 4.36. The van der Waals surface area contributed by atoms with Gasteiger partial charge in [-0.3, -0.25) is 4.79 Å². The highest BCUT2D eigenvalue weighted by Gasteiger charge is 2.37. The molecule has 0 saturated heterocycles. The van der Waals surface area contributed by atoms with E-state index < -0.39 is 0 Å². The maximum atomic E-state index is 11.6. The Kier molecular flexibility index (Phi) is 2.76. The van der Waals surface area contributed by atoms with Gasteiger partial charge in [-0.05, 0) is 33.6 Å². The van der Waals surface area contributed by atoms with Gasteiger partial charge in [0.1, 0.15) is 0 Å². The lowest BCUT2D eigenvalue weighted by Gasteiger charge is -2.22. The molecule has 1 aliphatic rings. The van der Waals surface area contributed by atoms with Crippen molar-refractivity contribution in [1.82, 2.24) is 0 Å². The third-order valence-corrected chi connectivity index (χ3v) is 2.54. The maximum Gasteiger partial charge on any atom is 0.312 e. The van der Waals surface area contributed by atoms with Crippen LogP contribution in [0.1, 0.15) is 46.5 Å². The molecule has 0 aromatic heterocycles. The van der Waals surface area contributed by atoms with Gasteiger partial charge in [0, 0.05) is 0 Å². The van der Waals surface area contributed by atoms with Crippen molar-refractivity contribution in [2.45, 2.75) is 52.6 Å². The van der Waals surface area contributed by atoms with Crippen molar-refractivity contribution in [3.05, 3.63) is 0 Å². The van der Waals surface area contributed by atoms with E-state index in [0.717, 1.165) is 12.8 Å². The predicted octanol–water partition coefficient (Wildman–Crippen LogP) is 2.52. The highest BCUT2D eigenvalue weighted by molar-refractivity contribution is 5.76. The molecule has 0 N–H and O–H groups in total. The zero-order chi connectivity index (χ0) is 9.19. The fraction of sp³-hybridized carbons (Fsp3) is 0.900. The molecule has 0 spiro atoms. The molecule has 70 valence electrons. The molecule has 1 saturated carbocycles. The predicted molar refractivity (Wildman–Crippen MR) is 47.8 cm³/mol. The normalized spacial score (nSPS) is 21.3. The second-order valence-corrected chi connectivity index (χ2v) is 4.22. The smallest absolute Gasteiger partial charge is 0.312 e. The summed E-state index contributed by atoms with van der Waals surface area (Å²) in [7, 11) is 0. The third-order valence-electron chi connectivity index (χ3n) is 2.54. The summed E-state index contributed by atoms with van der Waals surface area (Å²) in [5.74, 6) is -0.00463. The Hall–Kier alpha value is -0.530. The number of hydrogen-bond donors (Lipinski definition) is 0. The largest absolute Gasteiger partial charge is 0.463 e. The lowest BCUT2D eigenvalue weighted by molar-refractivity contribution is -0.158. The second kappa shape index (κ2) is 3.46. The van der Waals surface area contributed by atoms with Crippen LogP contribution in [0.3, 0.4) is 0 Å². The summed E-state index contributed by atoms with van der Waals surface area (Å²) in [4.78, 5) is 11.6. The molecule has 0 amide bonds. The van der Waals surface area contributed by atoms with Crippen molar-refractivity contribution in [3.63, 3.8) is 0 Å². The molecule has 2 nitrogen and oxygen atoms in total. The van der Waals surface area contributed by atoms with Crippen LogP contribution in [0.2, 0.25) is 0 Å². The first-order valence-electron chi connectivity index (χ1n) is 4.76. The standard InChI is InChI=1S/C10H18O2/c1-8(2)12-9(11)10(3)6-4-5-7-10/h8H,4-7H2,1-3H3. The van der Waals surface area contributed by atoms with Gasteiger partial charge in [0.25, 0.3) is 0 Å². The summed E-state index contributed by atoms with van der Waals surface area (Å²) in [5.41, 5.74) is -0.176. The van der Waals surface area contributed by atoms with Crippen LogP contribution in [0, 0.1) is 5.41 Å². The van der Waals surface area contributed by atoms with Crippen LogP contribution in [-0.2, 0) is 9.53 Å². The zero-order valence-electron chi connectivity index (χ0n) is 8.22. The lowest BCUT2D eigenvalue weighted by atomic mass is 9.89. The number of carbonyl (C=O) groups is 1. The van der Waals surface area contributed by atoms with E-state index in [9.17, 15) is 4.79 Å². The molecule has 0 radical (unpaired) electrons. The van der Waals surface area contributed by atoms with E-state index in [-0.39, 0.29) is 17.5 Å². The monoisotopic (exact) mass is 170 g/mol. The van der Waals surface area contributed by atoms with Gasteiger partial charge < -0.3 is 4.74 Å². The summed E-state index contributed by atoms with van der Waals surface area (Å²) in [5, 5.41) is 0. The minimum absolute atomic E-state index is 0.00463. The van der Waals surface area contributed by atoms with Crippen LogP contribution in [0.4, 0.5) is 0 Å². The van der Waals surface area contributed by atoms with E-state index >= 15 is 0 Å². The van der Waals surface area contributed by atoms with Crippen molar-refractivity contribution in [2.24, 2.45) is 5.41 Å². The molecule has 1 aliphatic carbocycles. The highest BCUT2D eigenvalue weighted by atomic mass is 16.5. The molecular weight excluding hydrogens is 152 g/mol. The second-order valence-electron chi connectivity index (χ2n) is 4.22. The van der Waals surface area contributed by atoms with Crippen molar-refractivity contribution in [2.75, 3.05) is 0 Å². The van der Waals surface area contributed by atoms with E-state index in [4.69, 9.17) is 4.74 Å². The number of esters is 1. The van der Waals surface area contributed by atoms with Gasteiger partial charge in [0.2, 0.25) is 0 Å². The molecule has 0 aromatic carbocycles. The van der Waals surface area contributed by atoms with Crippen LogP contribution in [0.15, 0.2) is 0 Å². The van der Waals surface area contributed by atoms with Crippen LogP contribution in [-0.4, -0.2) is 12.1 Å². The summed E-state index contributed by atoms with van der Waals surface area (Å²) in [6, 6.07) is 0. The quantitative estimate of drug-likeness (QED) is 0.595. The Morgan fingerprint density at radius 3 is 2.25 bits per heavy atom. The van der Waals surface area contributed by atoms with Crippen molar-refractivity contribution < 1.29 is 9.53 Å². The fourth-order valence-electron chi connectivity index (χ4n) is 1.72. The average Bonchev–Trinajstić information content (AvgIpc) is 2.36. The van der Waals surface area contributed by atoms with Gasteiger partial charge in [0.05, 0.1) is 11.5 Å². The maximum absolute atomic E-state index is 11.6. The average molecular weight is 170 g/mol. The van der Waals surface area contributed by atoms with Crippen LogP contribution >= 0.6 is 0 Å². The molecule has 0 unspecified atom stereocenters. The molecule has 0 aromatic rings. The molecule has 2 heteroatoms. The number of hydrogen-bond acceptors (Lipinski definition) is 2. The van der Waals surface area contributed by atoms with Crippen molar-refractivity contribution >= 4 is 5.97 Å². The molecule has 0 aliphatic heterocycles. The van der Waals surface area contributed by atoms with E-state index in [1.165, 1.54) is 12.8 Å². The van der Waals surface area contributed by atoms with E-state index in [1.807, 2.05) is 20.8 Å². The van der Waals surface area contributed by atoms with Gasteiger partial charge >= 0.3 is 5.97 Å². The summed E-state index contributed by atoms with van der Waals surface area (Å²) >= 11 is 0. The zero-order valence-corrected chi connectivity index (χ0v) is 8.22. The first kappa shape index (κ1) is 9.56. The first-order chi connectivity index (χ1) is 5.54. The first-order valence-corrected chi connectivity index (χ1v) is 4.76. The van der Waals surface area contributed by atoms with E-state index in [2.05, 4.69) is 0 Å². The Morgan fingerprint density at radius 2 is 1.83 bits per heavy atom. The van der Waals surface area contributed by atoms with Crippen LogP contribution in [0.25, 0.3) is 0 Å². The Labute approximate surface area is 74.3 Å². The number of ether oxygens (including phenoxy) is 1. The molecule has 1 rings (SSSR count). The molecule has 0 atom stereocenters. The minimum Gasteiger partial charge on any atom is -0.463 e. The SMILES string of the molecule is CC(C)OC(=O)C1(C)CCCC1. The Bertz CT molecular complexity index is 167. The van der Waals surface area contributed by atoms with Crippen molar-refractivity contribution in [1.29, 1.82) is 0 Å². The van der Waals surface area contributed by atoms with E-state index in [0.29, 0.717) is 0 Å². The Morgan fingerprint density at radius 1 is 1.33 bits per heavy atom.